The Morgan fingerprint density at radius 2 is 1.73 bits per heavy atom. The Hall–Kier alpha value is 0.310. The molecule has 0 bridgehead atoms. The van der Waals surface area contributed by atoms with E-state index in [0.29, 0.717) is 0 Å². The van der Waals surface area contributed by atoms with E-state index in [1.165, 1.54) is 69.4 Å². The van der Waals surface area contributed by atoms with Gasteiger partial charge in [-0.2, -0.15) is 11.8 Å². The van der Waals surface area contributed by atoms with Gasteiger partial charge in [0.25, 0.3) is 0 Å². The fourth-order valence-corrected chi connectivity index (χ4v) is 4.00. The molecule has 1 nitrogen and oxygen atoms in total. The third-order valence-electron chi connectivity index (χ3n) is 3.92. The zero-order valence-corrected chi connectivity index (χ0v) is 10.7. The topological polar surface area (TPSA) is 12.0 Å². The maximum atomic E-state index is 3.73. The van der Waals surface area contributed by atoms with Gasteiger partial charge in [-0.3, -0.25) is 0 Å². The Labute approximate surface area is 98.8 Å². The Morgan fingerprint density at radius 3 is 2.47 bits per heavy atom. The molecule has 1 aliphatic heterocycles. The lowest BCUT2D eigenvalue weighted by atomic mass is 10.0. The third-order valence-corrected chi connectivity index (χ3v) is 4.97. The van der Waals surface area contributed by atoms with Gasteiger partial charge < -0.3 is 5.32 Å². The summed E-state index contributed by atoms with van der Waals surface area (Å²) in [6.07, 6.45) is 11.7. The minimum atomic E-state index is 0.842. The summed E-state index contributed by atoms with van der Waals surface area (Å²) < 4.78 is 0. The minimum absolute atomic E-state index is 0.842. The van der Waals surface area contributed by atoms with Crippen LogP contribution >= 0.6 is 11.8 Å². The summed E-state index contributed by atoms with van der Waals surface area (Å²) in [5.74, 6) is 3.83. The molecular formula is C13H25NS. The zero-order chi connectivity index (χ0) is 10.3. The van der Waals surface area contributed by atoms with Crippen LogP contribution in [0.3, 0.4) is 0 Å². The van der Waals surface area contributed by atoms with Crippen molar-refractivity contribution >= 4 is 11.8 Å². The van der Waals surface area contributed by atoms with E-state index in [1.54, 1.807) is 0 Å². The van der Waals surface area contributed by atoms with Gasteiger partial charge in [0, 0.05) is 6.04 Å². The minimum Gasteiger partial charge on any atom is -0.314 e. The molecule has 0 spiro atoms. The normalized spacial score (nSPS) is 24.8. The van der Waals surface area contributed by atoms with Crippen LogP contribution in [0, 0.1) is 5.92 Å². The summed E-state index contributed by atoms with van der Waals surface area (Å²) in [6.45, 7) is 1.27. The summed E-state index contributed by atoms with van der Waals surface area (Å²) >= 11 is 2.12. The Kier molecular flexibility index (Phi) is 5.34. The molecule has 0 aromatic heterocycles. The summed E-state index contributed by atoms with van der Waals surface area (Å²) in [5, 5.41) is 3.73. The second-order valence-corrected chi connectivity index (χ2v) is 6.36. The molecule has 1 aliphatic carbocycles. The maximum Gasteiger partial charge on any atom is 0.00827 e. The van der Waals surface area contributed by atoms with E-state index in [1.807, 2.05) is 0 Å². The maximum absolute atomic E-state index is 3.73. The fraction of sp³-hybridized carbons (Fsp3) is 1.00. The van der Waals surface area contributed by atoms with Gasteiger partial charge in [0.05, 0.1) is 0 Å². The number of hydrogen-bond acceptors (Lipinski definition) is 2. The highest BCUT2D eigenvalue weighted by Crippen LogP contribution is 2.28. The van der Waals surface area contributed by atoms with E-state index in [0.717, 1.165) is 12.0 Å². The van der Waals surface area contributed by atoms with E-state index in [-0.39, 0.29) is 0 Å². The number of rotatable bonds is 5. The van der Waals surface area contributed by atoms with Crippen LogP contribution in [0.25, 0.3) is 0 Å². The van der Waals surface area contributed by atoms with Crippen molar-refractivity contribution in [2.75, 3.05) is 18.1 Å². The van der Waals surface area contributed by atoms with E-state index < -0.39 is 0 Å². The molecule has 88 valence electrons. The fourth-order valence-electron chi connectivity index (χ4n) is 2.90. The Bertz CT molecular complexity index is 160. The first kappa shape index (κ1) is 11.8. The summed E-state index contributed by atoms with van der Waals surface area (Å²) in [7, 11) is 0. The van der Waals surface area contributed by atoms with Crippen LogP contribution in [0.4, 0.5) is 0 Å². The molecule has 2 rings (SSSR count). The molecule has 1 saturated carbocycles. The van der Waals surface area contributed by atoms with Crippen molar-refractivity contribution in [3.8, 4) is 0 Å². The van der Waals surface area contributed by atoms with Crippen LogP contribution < -0.4 is 5.32 Å². The molecule has 0 amide bonds. The quantitative estimate of drug-likeness (QED) is 0.722. The van der Waals surface area contributed by atoms with Crippen LogP contribution in [0.1, 0.15) is 51.4 Å². The lowest BCUT2D eigenvalue weighted by Gasteiger charge is -2.22. The standard InChI is InChI=1S/C13H25NS/c1-2-5-12(4-1)6-3-9-14-13-7-10-15-11-8-13/h12-14H,1-11H2. The lowest BCUT2D eigenvalue weighted by Crippen LogP contribution is -2.33. The van der Waals surface area contributed by atoms with Crippen molar-refractivity contribution in [2.45, 2.75) is 57.4 Å². The van der Waals surface area contributed by atoms with Crippen LogP contribution in [0.15, 0.2) is 0 Å². The highest BCUT2D eigenvalue weighted by Gasteiger charge is 2.15. The molecule has 0 aromatic carbocycles. The lowest BCUT2D eigenvalue weighted by molar-refractivity contribution is 0.432. The number of hydrogen-bond donors (Lipinski definition) is 1. The average Bonchev–Trinajstić information content (AvgIpc) is 2.79. The van der Waals surface area contributed by atoms with Crippen molar-refractivity contribution in [3.63, 3.8) is 0 Å². The van der Waals surface area contributed by atoms with Crippen molar-refractivity contribution in [1.29, 1.82) is 0 Å². The zero-order valence-electron chi connectivity index (χ0n) is 9.84. The number of nitrogens with one attached hydrogen (secondary N) is 1. The van der Waals surface area contributed by atoms with Gasteiger partial charge in [0.2, 0.25) is 0 Å². The highest BCUT2D eigenvalue weighted by molar-refractivity contribution is 7.99. The SMILES string of the molecule is C1CCC(CCCNC2CCSCC2)C1. The molecular weight excluding hydrogens is 202 g/mol. The van der Waals surface area contributed by atoms with Gasteiger partial charge in [-0.05, 0) is 49.7 Å². The first-order chi connectivity index (χ1) is 7.45. The van der Waals surface area contributed by atoms with Crippen LogP contribution in [0.5, 0.6) is 0 Å². The Balaban J connectivity index is 1.47. The molecule has 2 aliphatic rings. The highest BCUT2D eigenvalue weighted by atomic mass is 32.2. The van der Waals surface area contributed by atoms with E-state index in [9.17, 15) is 0 Å². The molecule has 0 aromatic rings. The first-order valence-corrected chi connectivity index (χ1v) is 7.92. The van der Waals surface area contributed by atoms with Crippen molar-refractivity contribution in [1.82, 2.24) is 5.32 Å². The van der Waals surface area contributed by atoms with Gasteiger partial charge in [-0.15, -0.1) is 0 Å². The van der Waals surface area contributed by atoms with E-state index in [2.05, 4.69) is 17.1 Å². The first-order valence-electron chi connectivity index (χ1n) is 6.76. The van der Waals surface area contributed by atoms with E-state index >= 15 is 0 Å². The van der Waals surface area contributed by atoms with Gasteiger partial charge in [0.1, 0.15) is 0 Å². The molecule has 1 heterocycles. The second kappa shape index (κ2) is 6.80. The Morgan fingerprint density at radius 1 is 1.00 bits per heavy atom. The third kappa shape index (κ3) is 4.36. The molecule has 0 radical (unpaired) electrons. The average molecular weight is 227 g/mol. The van der Waals surface area contributed by atoms with Crippen molar-refractivity contribution < 1.29 is 0 Å². The summed E-state index contributed by atoms with van der Waals surface area (Å²) in [5.41, 5.74) is 0. The van der Waals surface area contributed by atoms with Crippen LogP contribution in [-0.2, 0) is 0 Å². The van der Waals surface area contributed by atoms with Gasteiger partial charge >= 0.3 is 0 Å². The van der Waals surface area contributed by atoms with Gasteiger partial charge in [-0.25, -0.2) is 0 Å². The van der Waals surface area contributed by atoms with Gasteiger partial charge in [-0.1, -0.05) is 25.7 Å². The predicted octanol–water partition coefficient (Wildman–Crippen LogP) is 3.44. The van der Waals surface area contributed by atoms with E-state index in [4.69, 9.17) is 0 Å². The molecule has 2 heteroatoms. The second-order valence-electron chi connectivity index (χ2n) is 5.13. The molecule has 0 atom stereocenters. The number of thioether (sulfide) groups is 1. The van der Waals surface area contributed by atoms with Crippen molar-refractivity contribution in [3.05, 3.63) is 0 Å². The van der Waals surface area contributed by atoms with Crippen LogP contribution in [0.2, 0.25) is 0 Å². The molecule has 0 unspecified atom stereocenters. The smallest absolute Gasteiger partial charge is 0.00827 e. The predicted molar refractivity (Wildman–Crippen MR) is 69.5 cm³/mol. The summed E-state index contributed by atoms with van der Waals surface area (Å²) in [4.78, 5) is 0. The molecule has 1 saturated heterocycles. The summed E-state index contributed by atoms with van der Waals surface area (Å²) in [6, 6.07) is 0.842. The van der Waals surface area contributed by atoms with Crippen molar-refractivity contribution in [2.24, 2.45) is 5.92 Å². The molecule has 2 fully saturated rings. The molecule has 15 heavy (non-hydrogen) atoms. The van der Waals surface area contributed by atoms with Gasteiger partial charge in [0.15, 0.2) is 0 Å². The molecule has 1 N–H and O–H groups in total. The van der Waals surface area contributed by atoms with Crippen LogP contribution in [-0.4, -0.2) is 24.1 Å². The largest absolute Gasteiger partial charge is 0.314 e. The monoisotopic (exact) mass is 227 g/mol.